The molecular weight excluding hydrogens is 430 g/mol. The summed E-state index contributed by atoms with van der Waals surface area (Å²) in [6.45, 7) is 0.202. The quantitative estimate of drug-likeness (QED) is 0.455. The first kappa shape index (κ1) is 22.5. The van der Waals surface area contributed by atoms with E-state index in [1.807, 2.05) is 6.07 Å². The maximum Gasteiger partial charge on any atom is 0.323 e. The molecule has 5 N–H and O–H groups in total. The maximum absolute atomic E-state index is 12.3. The fourth-order valence-corrected chi connectivity index (χ4v) is 3.26. The van der Waals surface area contributed by atoms with E-state index in [1.54, 1.807) is 60.7 Å². The average molecular weight is 449 g/mol. The molecule has 3 rings (SSSR count). The van der Waals surface area contributed by atoms with Crippen molar-refractivity contribution in [3.8, 4) is 6.07 Å². The number of hydrogen-bond acceptors (Lipinski definition) is 5. The second-order valence-corrected chi connectivity index (χ2v) is 8.28. The number of nitrogens with two attached hydrogens (primary N) is 1. The van der Waals surface area contributed by atoms with E-state index in [2.05, 4.69) is 16.0 Å². The summed E-state index contributed by atoms with van der Waals surface area (Å²) < 4.78 is 22.5. The van der Waals surface area contributed by atoms with Gasteiger partial charge in [0.2, 0.25) is 10.0 Å². The highest BCUT2D eigenvalue weighted by molar-refractivity contribution is 7.89. The summed E-state index contributed by atoms with van der Waals surface area (Å²) in [5.41, 5.74) is 2.49. The van der Waals surface area contributed by atoms with Crippen LogP contribution in [0.15, 0.2) is 77.7 Å². The van der Waals surface area contributed by atoms with Crippen LogP contribution in [0.25, 0.3) is 0 Å². The van der Waals surface area contributed by atoms with Gasteiger partial charge in [-0.05, 0) is 60.2 Å². The number of primary sulfonamides is 1. The molecule has 3 aromatic carbocycles. The Kier molecular flexibility index (Phi) is 6.84. The summed E-state index contributed by atoms with van der Waals surface area (Å²) in [4.78, 5) is 24.4. The number of nitrogens with zero attached hydrogens (tertiary/aromatic N) is 1. The Morgan fingerprint density at radius 1 is 0.906 bits per heavy atom. The zero-order valence-corrected chi connectivity index (χ0v) is 17.5. The lowest BCUT2D eigenvalue weighted by Gasteiger charge is -2.09. The zero-order valence-electron chi connectivity index (χ0n) is 16.7. The first-order valence-electron chi connectivity index (χ1n) is 9.33. The number of carbonyl (C=O) groups excluding carboxylic acids is 2. The summed E-state index contributed by atoms with van der Waals surface area (Å²) in [7, 11) is -3.76. The van der Waals surface area contributed by atoms with E-state index >= 15 is 0 Å². The predicted molar refractivity (Wildman–Crippen MR) is 119 cm³/mol. The second-order valence-electron chi connectivity index (χ2n) is 6.72. The lowest BCUT2D eigenvalue weighted by atomic mass is 10.1. The van der Waals surface area contributed by atoms with Gasteiger partial charge in [-0.2, -0.15) is 5.26 Å². The van der Waals surface area contributed by atoms with Crippen molar-refractivity contribution in [1.29, 1.82) is 5.26 Å². The highest BCUT2D eigenvalue weighted by Gasteiger charge is 2.09. The largest absolute Gasteiger partial charge is 0.348 e. The standard InChI is InChI=1S/C22H19N5O4S/c23-13-16-2-1-3-19(12-16)27-22(29)26-18-8-6-17(7-9-18)21(28)25-14-15-4-10-20(11-5-15)32(24,30)31/h1-12H,14H2,(H,25,28)(H2,24,30,31)(H2,26,27,29). The third kappa shape index (κ3) is 6.15. The van der Waals surface area contributed by atoms with Gasteiger partial charge < -0.3 is 16.0 Å². The third-order valence-electron chi connectivity index (χ3n) is 4.36. The number of nitrogens with one attached hydrogen (secondary N) is 3. The smallest absolute Gasteiger partial charge is 0.323 e. The molecule has 10 heteroatoms. The molecule has 0 fully saturated rings. The highest BCUT2D eigenvalue weighted by Crippen LogP contribution is 2.13. The van der Waals surface area contributed by atoms with Gasteiger partial charge in [0.1, 0.15) is 0 Å². The van der Waals surface area contributed by atoms with Gasteiger partial charge >= 0.3 is 6.03 Å². The molecule has 3 amide bonds. The number of urea groups is 1. The highest BCUT2D eigenvalue weighted by atomic mass is 32.2. The number of rotatable bonds is 6. The molecule has 162 valence electrons. The van der Waals surface area contributed by atoms with E-state index < -0.39 is 16.1 Å². The minimum Gasteiger partial charge on any atom is -0.348 e. The van der Waals surface area contributed by atoms with Crippen LogP contribution in [0.4, 0.5) is 16.2 Å². The zero-order chi connectivity index (χ0) is 23.1. The summed E-state index contributed by atoms with van der Waals surface area (Å²) in [5, 5.41) is 22.0. The Labute approximate surface area is 184 Å². The SMILES string of the molecule is N#Cc1cccc(NC(=O)Nc2ccc(C(=O)NCc3ccc(S(N)(=O)=O)cc3)cc2)c1. The fourth-order valence-electron chi connectivity index (χ4n) is 2.75. The molecule has 0 heterocycles. The first-order valence-corrected chi connectivity index (χ1v) is 10.9. The number of sulfonamides is 1. The van der Waals surface area contributed by atoms with Crippen molar-refractivity contribution in [3.05, 3.63) is 89.5 Å². The van der Waals surface area contributed by atoms with E-state index in [0.29, 0.717) is 28.1 Å². The van der Waals surface area contributed by atoms with Crippen LogP contribution in [0, 0.1) is 11.3 Å². The Hall–Kier alpha value is -4.20. The number of carbonyl (C=O) groups is 2. The first-order chi connectivity index (χ1) is 15.2. The van der Waals surface area contributed by atoms with Crippen molar-refractivity contribution in [2.45, 2.75) is 11.4 Å². The molecule has 0 bridgehead atoms. The van der Waals surface area contributed by atoms with Crippen LogP contribution in [-0.4, -0.2) is 20.4 Å². The molecule has 9 nitrogen and oxygen atoms in total. The van der Waals surface area contributed by atoms with Crippen LogP contribution in [-0.2, 0) is 16.6 Å². The van der Waals surface area contributed by atoms with Crippen molar-refractivity contribution in [3.63, 3.8) is 0 Å². The number of hydrogen-bond donors (Lipinski definition) is 4. The van der Waals surface area contributed by atoms with Gasteiger partial charge in [-0.3, -0.25) is 4.79 Å². The molecule has 0 aliphatic heterocycles. The molecular formula is C22H19N5O4S. The summed E-state index contributed by atoms with van der Waals surface area (Å²) >= 11 is 0. The summed E-state index contributed by atoms with van der Waals surface area (Å²) in [6.07, 6.45) is 0. The van der Waals surface area contributed by atoms with Gasteiger partial charge in [0.05, 0.1) is 16.5 Å². The van der Waals surface area contributed by atoms with Gasteiger partial charge in [0.15, 0.2) is 0 Å². The van der Waals surface area contributed by atoms with Crippen LogP contribution in [0.2, 0.25) is 0 Å². The summed E-state index contributed by atoms with van der Waals surface area (Å²) in [5.74, 6) is -0.329. The Balaban J connectivity index is 1.53. The lowest BCUT2D eigenvalue weighted by molar-refractivity contribution is 0.0951. The minimum absolute atomic E-state index is 0.00234. The van der Waals surface area contributed by atoms with Crippen LogP contribution in [0.1, 0.15) is 21.5 Å². The van der Waals surface area contributed by atoms with Crippen molar-refractivity contribution >= 4 is 33.3 Å². The molecule has 0 saturated carbocycles. The van der Waals surface area contributed by atoms with Gasteiger partial charge in [-0.15, -0.1) is 0 Å². The van der Waals surface area contributed by atoms with Crippen molar-refractivity contribution < 1.29 is 18.0 Å². The normalized spacial score (nSPS) is 10.6. The van der Waals surface area contributed by atoms with E-state index in [4.69, 9.17) is 10.4 Å². The molecule has 0 atom stereocenters. The Bertz CT molecular complexity index is 1280. The number of nitriles is 1. The lowest BCUT2D eigenvalue weighted by Crippen LogP contribution is -2.23. The van der Waals surface area contributed by atoms with E-state index in [9.17, 15) is 18.0 Å². The van der Waals surface area contributed by atoms with Gasteiger partial charge in [0, 0.05) is 23.5 Å². The van der Waals surface area contributed by atoms with Crippen molar-refractivity contribution in [2.75, 3.05) is 10.6 Å². The van der Waals surface area contributed by atoms with Crippen LogP contribution >= 0.6 is 0 Å². The Morgan fingerprint density at radius 3 is 2.19 bits per heavy atom. The average Bonchev–Trinajstić information content (AvgIpc) is 2.77. The third-order valence-corrected chi connectivity index (χ3v) is 5.29. The number of benzene rings is 3. The molecule has 0 radical (unpaired) electrons. The van der Waals surface area contributed by atoms with E-state index in [1.165, 1.54) is 12.1 Å². The number of anilines is 2. The fraction of sp³-hybridized carbons (Fsp3) is 0.0455. The van der Waals surface area contributed by atoms with E-state index in [-0.39, 0.29) is 17.3 Å². The van der Waals surface area contributed by atoms with Gasteiger partial charge in [-0.25, -0.2) is 18.4 Å². The predicted octanol–water partition coefficient (Wildman–Crippen LogP) is 2.78. The number of amides is 3. The molecule has 0 saturated heterocycles. The van der Waals surface area contributed by atoms with Crippen LogP contribution < -0.4 is 21.1 Å². The van der Waals surface area contributed by atoms with Gasteiger partial charge in [0.25, 0.3) is 5.91 Å². The van der Waals surface area contributed by atoms with Gasteiger partial charge in [-0.1, -0.05) is 18.2 Å². The second kappa shape index (κ2) is 9.74. The van der Waals surface area contributed by atoms with Crippen LogP contribution in [0.5, 0.6) is 0 Å². The summed E-state index contributed by atoms with van der Waals surface area (Å²) in [6, 6.07) is 20.2. The van der Waals surface area contributed by atoms with Crippen molar-refractivity contribution in [2.24, 2.45) is 5.14 Å². The van der Waals surface area contributed by atoms with Crippen molar-refractivity contribution in [1.82, 2.24) is 5.32 Å². The molecule has 0 aliphatic rings. The molecule has 32 heavy (non-hydrogen) atoms. The Morgan fingerprint density at radius 2 is 1.56 bits per heavy atom. The topological polar surface area (TPSA) is 154 Å². The molecule has 0 unspecified atom stereocenters. The molecule has 0 aliphatic carbocycles. The molecule has 0 spiro atoms. The van der Waals surface area contributed by atoms with E-state index in [0.717, 1.165) is 0 Å². The molecule has 0 aromatic heterocycles. The van der Waals surface area contributed by atoms with Crippen LogP contribution in [0.3, 0.4) is 0 Å². The monoisotopic (exact) mass is 449 g/mol. The maximum atomic E-state index is 12.3. The minimum atomic E-state index is -3.76. The molecule has 3 aromatic rings.